The minimum atomic E-state index is -3.62. The highest BCUT2D eigenvalue weighted by molar-refractivity contribution is 7.96. The molecule has 2 fully saturated rings. The van der Waals surface area contributed by atoms with Crippen LogP contribution in [0.4, 0.5) is 0 Å². The smallest absolute Gasteiger partial charge is 0.183 e. The Balaban J connectivity index is 1.93. The van der Waals surface area contributed by atoms with E-state index in [0.29, 0.717) is 0 Å². The molecule has 1 aliphatic heterocycles. The quantitative estimate of drug-likeness (QED) is 0.869. The van der Waals surface area contributed by atoms with Gasteiger partial charge in [-0.3, -0.25) is 0 Å². The first-order chi connectivity index (χ1) is 9.38. The molecular weight excluding hydrogens is 298 g/mol. The summed E-state index contributed by atoms with van der Waals surface area (Å²) in [7, 11) is -6.91. The summed E-state index contributed by atoms with van der Waals surface area (Å²) in [5, 5.41) is 2.30. The van der Waals surface area contributed by atoms with Gasteiger partial charge in [0.1, 0.15) is 0 Å². The molecule has 1 N–H and O–H groups in total. The highest BCUT2D eigenvalue weighted by Gasteiger charge is 2.47. The van der Waals surface area contributed by atoms with Gasteiger partial charge in [-0.25, -0.2) is 16.8 Å². The Kier molecular flexibility index (Phi) is 3.38. The molecule has 0 unspecified atom stereocenters. The fourth-order valence-electron chi connectivity index (χ4n) is 2.61. The van der Waals surface area contributed by atoms with E-state index in [4.69, 9.17) is 0 Å². The first-order valence-corrected chi connectivity index (χ1v) is 10.0. The molecule has 1 aliphatic carbocycles. The molecule has 0 aromatic heterocycles. The lowest BCUT2D eigenvalue weighted by Crippen LogP contribution is -2.44. The van der Waals surface area contributed by atoms with Crippen LogP contribution in [-0.2, 0) is 19.7 Å². The fraction of sp³-hybridized carbons (Fsp3) is 0.538. The van der Waals surface area contributed by atoms with Crippen molar-refractivity contribution in [2.24, 2.45) is 0 Å². The van der Waals surface area contributed by atoms with Gasteiger partial charge in [-0.2, -0.15) is 0 Å². The molecule has 1 saturated heterocycles. The number of hydrogen-bond acceptors (Lipinski definition) is 5. The molecule has 0 bridgehead atoms. The van der Waals surface area contributed by atoms with Crippen LogP contribution >= 0.6 is 0 Å². The second-order valence-corrected chi connectivity index (χ2v) is 9.84. The zero-order chi connectivity index (χ0) is 14.4. The summed E-state index contributed by atoms with van der Waals surface area (Å²) in [6.45, 7) is 0. The van der Waals surface area contributed by atoms with Gasteiger partial charge in [0.05, 0.1) is 21.7 Å². The maximum absolute atomic E-state index is 12.6. The summed E-state index contributed by atoms with van der Waals surface area (Å²) in [6.07, 6.45) is 1.99. The number of benzene rings is 1. The van der Waals surface area contributed by atoms with Crippen molar-refractivity contribution in [2.45, 2.75) is 35.1 Å². The van der Waals surface area contributed by atoms with Crippen LogP contribution in [0.15, 0.2) is 35.2 Å². The number of rotatable bonds is 4. The van der Waals surface area contributed by atoms with E-state index in [0.717, 1.165) is 12.8 Å². The molecule has 2 aliphatic rings. The Hall–Kier alpha value is -0.920. The molecule has 0 spiro atoms. The Morgan fingerprint density at radius 1 is 1.05 bits per heavy atom. The lowest BCUT2D eigenvalue weighted by Gasteiger charge is -2.19. The summed E-state index contributed by atoms with van der Waals surface area (Å²) in [5.41, 5.74) is 0. The molecule has 1 aromatic rings. The van der Waals surface area contributed by atoms with Gasteiger partial charge in [-0.05, 0) is 25.0 Å². The third-order valence-corrected chi connectivity index (χ3v) is 7.96. The lowest BCUT2D eigenvalue weighted by molar-refractivity contribution is 0.524. The van der Waals surface area contributed by atoms with Crippen LogP contribution in [0.1, 0.15) is 12.8 Å². The summed E-state index contributed by atoms with van der Waals surface area (Å²) in [6, 6.07) is 7.88. The summed E-state index contributed by atoms with van der Waals surface area (Å²) >= 11 is 0. The molecule has 1 saturated carbocycles. The highest BCUT2D eigenvalue weighted by atomic mass is 32.2. The monoisotopic (exact) mass is 315 g/mol. The third kappa shape index (κ3) is 2.75. The SMILES string of the molecule is O=S1(=O)C[C@H](NC2CC2)[C@@H](S(=O)(=O)c2ccccc2)C1. The average molecular weight is 315 g/mol. The van der Waals surface area contributed by atoms with Gasteiger partial charge in [0, 0.05) is 12.1 Å². The molecule has 7 heteroatoms. The van der Waals surface area contributed by atoms with Gasteiger partial charge >= 0.3 is 0 Å². The van der Waals surface area contributed by atoms with Crippen LogP contribution in [0.2, 0.25) is 0 Å². The summed E-state index contributed by atoms with van der Waals surface area (Å²) in [5.74, 6) is -0.366. The van der Waals surface area contributed by atoms with Crippen LogP contribution in [0.25, 0.3) is 0 Å². The van der Waals surface area contributed by atoms with Gasteiger partial charge in [-0.15, -0.1) is 0 Å². The van der Waals surface area contributed by atoms with Crippen LogP contribution in [-0.4, -0.2) is 45.7 Å². The molecule has 3 rings (SSSR count). The van der Waals surface area contributed by atoms with Crippen molar-refractivity contribution < 1.29 is 16.8 Å². The Bertz CT molecular complexity index is 693. The highest BCUT2D eigenvalue weighted by Crippen LogP contribution is 2.29. The maximum atomic E-state index is 12.6. The maximum Gasteiger partial charge on any atom is 0.183 e. The summed E-state index contributed by atoms with van der Waals surface area (Å²) in [4.78, 5) is 0.199. The van der Waals surface area contributed by atoms with Crippen molar-refractivity contribution in [3.63, 3.8) is 0 Å². The standard InChI is InChI=1S/C13H17NO4S2/c15-19(16)8-12(14-10-6-7-10)13(9-19)20(17,18)11-4-2-1-3-5-11/h1-5,10,12-14H,6-9H2/t12-,13-/m0/s1. The van der Waals surface area contributed by atoms with Gasteiger partial charge in [0.2, 0.25) is 0 Å². The first kappa shape index (κ1) is 14.0. The summed E-state index contributed by atoms with van der Waals surface area (Å²) < 4.78 is 48.9. The average Bonchev–Trinajstić information content (AvgIpc) is 3.14. The van der Waals surface area contributed by atoms with Crippen LogP contribution in [0.3, 0.4) is 0 Å². The number of nitrogens with one attached hydrogen (secondary N) is 1. The Morgan fingerprint density at radius 3 is 2.30 bits per heavy atom. The molecule has 2 atom stereocenters. The van der Waals surface area contributed by atoms with Gasteiger partial charge in [-0.1, -0.05) is 18.2 Å². The largest absolute Gasteiger partial charge is 0.309 e. The van der Waals surface area contributed by atoms with Crippen molar-refractivity contribution in [1.29, 1.82) is 0 Å². The van der Waals surface area contributed by atoms with Crippen molar-refractivity contribution in [2.75, 3.05) is 11.5 Å². The molecule has 20 heavy (non-hydrogen) atoms. The number of sulfone groups is 2. The molecular formula is C13H17NO4S2. The van der Waals surface area contributed by atoms with E-state index < -0.39 is 31.0 Å². The Morgan fingerprint density at radius 2 is 1.70 bits per heavy atom. The second-order valence-electron chi connectivity index (χ2n) is 5.52. The minimum Gasteiger partial charge on any atom is -0.309 e. The van der Waals surface area contributed by atoms with E-state index in [9.17, 15) is 16.8 Å². The second kappa shape index (κ2) is 4.82. The van der Waals surface area contributed by atoms with Crippen LogP contribution < -0.4 is 5.32 Å². The molecule has 1 aromatic carbocycles. The predicted octanol–water partition coefficient (Wildman–Crippen LogP) is 0.378. The molecule has 0 amide bonds. The van der Waals surface area contributed by atoms with Gasteiger partial charge < -0.3 is 5.32 Å². The Labute approximate surface area is 119 Å². The van der Waals surface area contributed by atoms with E-state index in [-0.39, 0.29) is 22.4 Å². The van der Waals surface area contributed by atoms with E-state index in [1.54, 1.807) is 18.2 Å². The van der Waals surface area contributed by atoms with Gasteiger partial charge in [0.15, 0.2) is 19.7 Å². The zero-order valence-corrected chi connectivity index (χ0v) is 12.5. The fourth-order valence-corrected chi connectivity index (χ4v) is 7.31. The van der Waals surface area contributed by atoms with Crippen LogP contribution in [0, 0.1) is 0 Å². The minimum absolute atomic E-state index is 0.0831. The van der Waals surface area contributed by atoms with Crippen molar-refractivity contribution >= 4 is 19.7 Å². The molecule has 5 nitrogen and oxygen atoms in total. The van der Waals surface area contributed by atoms with Crippen molar-refractivity contribution in [3.8, 4) is 0 Å². The van der Waals surface area contributed by atoms with Crippen LogP contribution in [0.5, 0.6) is 0 Å². The van der Waals surface area contributed by atoms with Crippen molar-refractivity contribution in [1.82, 2.24) is 5.32 Å². The van der Waals surface area contributed by atoms with Gasteiger partial charge in [0.25, 0.3) is 0 Å². The van der Waals surface area contributed by atoms with Crippen molar-refractivity contribution in [3.05, 3.63) is 30.3 Å². The number of hydrogen-bond donors (Lipinski definition) is 1. The third-order valence-electron chi connectivity index (χ3n) is 3.80. The lowest BCUT2D eigenvalue weighted by atomic mass is 10.2. The van der Waals surface area contributed by atoms with E-state index in [2.05, 4.69) is 5.32 Å². The predicted molar refractivity (Wildman–Crippen MR) is 76.0 cm³/mol. The molecule has 110 valence electrons. The van der Waals surface area contributed by atoms with E-state index >= 15 is 0 Å². The molecule has 0 radical (unpaired) electrons. The normalized spacial score (nSPS) is 29.4. The first-order valence-electron chi connectivity index (χ1n) is 6.64. The zero-order valence-electron chi connectivity index (χ0n) is 10.9. The molecule has 1 heterocycles. The topological polar surface area (TPSA) is 80.3 Å². The van der Waals surface area contributed by atoms with E-state index in [1.807, 2.05) is 0 Å². The van der Waals surface area contributed by atoms with E-state index in [1.165, 1.54) is 12.1 Å².